The molecule has 1 aromatic carbocycles. The molecule has 0 N–H and O–H groups in total. The number of benzene rings is 1. The minimum absolute atomic E-state index is 0.184. The van der Waals surface area contributed by atoms with Gasteiger partial charge in [0.25, 0.3) is 0 Å². The van der Waals surface area contributed by atoms with Gasteiger partial charge in [-0.25, -0.2) is 4.79 Å². The largest absolute Gasteiger partial charge is 0.441 e. The summed E-state index contributed by atoms with van der Waals surface area (Å²) < 4.78 is 15.8. The number of cyclic esters (lactones) is 1. The minimum Gasteiger partial charge on any atom is -0.441 e. The molecule has 23 heavy (non-hydrogen) atoms. The summed E-state index contributed by atoms with van der Waals surface area (Å²) in [5.41, 5.74) is 2.24. The number of rotatable bonds is 5. The second kappa shape index (κ2) is 7.32. The molecule has 1 aliphatic heterocycles. The van der Waals surface area contributed by atoms with Gasteiger partial charge >= 0.3 is 6.09 Å². The minimum atomic E-state index is -0.291. The van der Waals surface area contributed by atoms with E-state index in [1.54, 1.807) is 19.1 Å². The van der Waals surface area contributed by atoms with E-state index >= 15 is 0 Å². The molecule has 0 bridgehead atoms. The zero-order valence-electron chi connectivity index (χ0n) is 13.9. The SMILES string of the molecule is COCC1CN(c2ccc(C3CCC(OC)CC3)cc2)C(=O)O1. The van der Waals surface area contributed by atoms with Crippen molar-refractivity contribution in [3.8, 4) is 0 Å². The number of amides is 1. The predicted molar refractivity (Wildman–Crippen MR) is 87.9 cm³/mol. The number of hydrogen-bond acceptors (Lipinski definition) is 4. The Hall–Kier alpha value is -1.59. The normalized spacial score (nSPS) is 28.0. The third-order valence-corrected chi connectivity index (χ3v) is 4.91. The van der Waals surface area contributed by atoms with E-state index in [4.69, 9.17) is 14.2 Å². The van der Waals surface area contributed by atoms with E-state index in [0.29, 0.717) is 25.2 Å². The number of hydrogen-bond donors (Lipinski definition) is 0. The summed E-state index contributed by atoms with van der Waals surface area (Å²) in [6, 6.07) is 8.33. The highest BCUT2D eigenvalue weighted by Gasteiger charge is 2.32. The van der Waals surface area contributed by atoms with E-state index in [1.165, 1.54) is 18.4 Å². The molecule has 5 heteroatoms. The third kappa shape index (κ3) is 3.67. The summed E-state index contributed by atoms with van der Waals surface area (Å²) in [6.07, 6.45) is 4.53. The molecule has 3 rings (SSSR count). The highest BCUT2D eigenvalue weighted by Crippen LogP contribution is 2.34. The van der Waals surface area contributed by atoms with Crippen molar-refractivity contribution in [2.75, 3.05) is 32.3 Å². The van der Waals surface area contributed by atoms with Crippen LogP contribution >= 0.6 is 0 Å². The Bertz CT molecular complexity index is 522. The van der Waals surface area contributed by atoms with Crippen molar-refractivity contribution in [2.45, 2.75) is 43.8 Å². The zero-order valence-corrected chi connectivity index (χ0v) is 13.9. The maximum Gasteiger partial charge on any atom is 0.414 e. The van der Waals surface area contributed by atoms with Crippen LogP contribution < -0.4 is 4.90 Å². The van der Waals surface area contributed by atoms with Gasteiger partial charge in [-0.3, -0.25) is 4.90 Å². The predicted octanol–water partition coefficient (Wildman–Crippen LogP) is 3.33. The summed E-state index contributed by atoms with van der Waals surface area (Å²) in [7, 11) is 3.41. The van der Waals surface area contributed by atoms with E-state index < -0.39 is 0 Å². The van der Waals surface area contributed by atoms with Crippen molar-refractivity contribution < 1.29 is 19.0 Å². The van der Waals surface area contributed by atoms with E-state index in [-0.39, 0.29) is 12.2 Å². The summed E-state index contributed by atoms with van der Waals surface area (Å²) >= 11 is 0. The number of carbonyl (C=O) groups excluding carboxylic acids is 1. The van der Waals surface area contributed by atoms with E-state index in [0.717, 1.165) is 18.5 Å². The van der Waals surface area contributed by atoms with E-state index in [2.05, 4.69) is 12.1 Å². The van der Waals surface area contributed by atoms with Gasteiger partial charge in [-0.05, 0) is 49.3 Å². The smallest absolute Gasteiger partial charge is 0.414 e. The molecule has 0 aromatic heterocycles. The second-order valence-corrected chi connectivity index (χ2v) is 6.37. The fraction of sp³-hybridized carbons (Fsp3) is 0.611. The number of carbonyl (C=O) groups is 1. The molecule has 0 spiro atoms. The van der Waals surface area contributed by atoms with Gasteiger partial charge in [0.05, 0.1) is 19.3 Å². The quantitative estimate of drug-likeness (QED) is 0.835. The number of nitrogens with zero attached hydrogens (tertiary/aromatic N) is 1. The molecule has 126 valence electrons. The molecule has 1 saturated heterocycles. The lowest BCUT2D eigenvalue weighted by molar-refractivity contribution is 0.0658. The molecule has 5 nitrogen and oxygen atoms in total. The highest BCUT2D eigenvalue weighted by atomic mass is 16.6. The van der Waals surface area contributed by atoms with Gasteiger partial charge < -0.3 is 14.2 Å². The Morgan fingerprint density at radius 3 is 2.43 bits per heavy atom. The maximum absolute atomic E-state index is 11.9. The lowest BCUT2D eigenvalue weighted by Crippen LogP contribution is -2.25. The number of anilines is 1. The Balaban J connectivity index is 1.62. The van der Waals surface area contributed by atoms with Crippen molar-refractivity contribution in [3.63, 3.8) is 0 Å². The maximum atomic E-state index is 11.9. The molecule has 1 atom stereocenters. The molecule has 1 aliphatic carbocycles. The van der Waals surface area contributed by atoms with E-state index in [9.17, 15) is 4.79 Å². The van der Waals surface area contributed by atoms with Gasteiger partial charge in [-0.15, -0.1) is 0 Å². The van der Waals surface area contributed by atoms with E-state index in [1.807, 2.05) is 12.1 Å². The molecular formula is C18H25NO4. The zero-order chi connectivity index (χ0) is 16.2. The lowest BCUT2D eigenvalue weighted by atomic mass is 9.83. The van der Waals surface area contributed by atoms with Crippen LogP contribution in [0.1, 0.15) is 37.2 Å². The number of ether oxygens (including phenoxy) is 3. The van der Waals surface area contributed by atoms with Gasteiger partial charge in [0.1, 0.15) is 6.10 Å². The van der Waals surface area contributed by atoms with Crippen molar-refractivity contribution in [1.29, 1.82) is 0 Å². The van der Waals surface area contributed by atoms with Gasteiger partial charge in [0.2, 0.25) is 0 Å². The monoisotopic (exact) mass is 319 g/mol. The second-order valence-electron chi connectivity index (χ2n) is 6.37. The topological polar surface area (TPSA) is 48.0 Å². The van der Waals surface area contributed by atoms with Crippen LogP contribution in [0.2, 0.25) is 0 Å². The molecule has 1 unspecified atom stereocenters. The molecule has 2 fully saturated rings. The van der Waals surface area contributed by atoms with Crippen molar-refractivity contribution >= 4 is 11.8 Å². The first kappa shape index (κ1) is 16.3. The van der Waals surface area contributed by atoms with Crippen LogP contribution in [-0.2, 0) is 14.2 Å². The van der Waals surface area contributed by atoms with Crippen LogP contribution in [0.15, 0.2) is 24.3 Å². The average Bonchev–Trinajstić information content (AvgIpc) is 2.96. The van der Waals surface area contributed by atoms with Gasteiger partial charge in [0.15, 0.2) is 0 Å². The third-order valence-electron chi connectivity index (χ3n) is 4.91. The number of methoxy groups -OCH3 is 2. The Morgan fingerprint density at radius 2 is 1.83 bits per heavy atom. The van der Waals surface area contributed by atoms with Gasteiger partial charge in [-0.1, -0.05) is 12.1 Å². The first-order valence-corrected chi connectivity index (χ1v) is 8.31. The molecular weight excluding hydrogens is 294 g/mol. The van der Waals surface area contributed by atoms with Crippen LogP contribution in [0.4, 0.5) is 10.5 Å². The Labute approximate surface area is 137 Å². The molecule has 0 radical (unpaired) electrons. The highest BCUT2D eigenvalue weighted by molar-refractivity contribution is 5.89. The lowest BCUT2D eigenvalue weighted by Gasteiger charge is -2.28. The van der Waals surface area contributed by atoms with Crippen LogP contribution in [0, 0.1) is 0 Å². The molecule has 1 amide bonds. The van der Waals surface area contributed by atoms with Crippen LogP contribution in [0.5, 0.6) is 0 Å². The standard InChI is InChI=1S/C18H25NO4/c1-21-12-17-11-19(18(20)23-17)15-7-3-13(4-8-15)14-5-9-16(22-2)10-6-14/h3-4,7-8,14,16-17H,5-6,9-12H2,1-2H3. The van der Waals surface area contributed by atoms with Crippen LogP contribution in [-0.4, -0.2) is 45.7 Å². The Morgan fingerprint density at radius 1 is 1.13 bits per heavy atom. The fourth-order valence-corrected chi connectivity index (χ4v) is 3.56. The van der Waals surface area contributed by atoms with Crippen molar-refractivity contribution in [2.24, 2.45) is 0 Å². The Kier molecular flexibility index (Phi) is 5.18. The molecule has 2 aliphatic rings. The summed E-state index contributed by atoms with van der Waals surface area (Å²) in [5.74, 6) is 0.599. The van der Waals surface area contributed by atoms with Gasteiger partial charge in [0, 0.05) is 19.9 Å². The first-order valence-electron chi connectivity index (χ1n) is 8.31. The average molecular weight is 319 g/mol. The van der Waals surface area contributed by atoms with Crippen LogP contribution in [0.3, 0.4) is 0 Å². The first-order chi connectivity index (χ1) is 11.2. The summed E-state index contributed by atoms with van der Waals surface area (Å²) in [5, 5.41) is 0. The van der Waals surface area contributed by atoms with Crippen molar-refractivity contribution in [3.05, 3.63) is 29.8 Å². The van der Waals surface area contributed by atoms with Crippen LogP contribution in [0.25, 0.3) is 0 Å². The molecule has 1 heterocycles. The molecule has 1 saturated carbocycles. The summed E-state index contributed by atoms with van der Waals surface area (Å²) in [4.78, 5) is 13.6. The van der Waals surface area contributed by atoms with Gasteiger partial charge in [-0.2, -0.15) is 0 Å². The molecule has 1 aromatic rings. The summed E-state index contributed by atoms with van der Waals surface area (Å²) in [6.45, 7) is 0.980. The fourth-order valence-electron chi connectivity index (χ4n) is 3.56. The van der Waals surface area contributed by atoms with Crippen molar-refractivity contribution in [1.82, 2.24) is 0 Å².